The van der Waals surface area contributed by atoms with Crippen molar-refractivity contribution >= 4 is 52.9 Å². The molecule has 2 N–H and O–H groups in total. The molecule has 0 saturated carbocycles. The molecule has 2 aromatic carbocycles. The number of hydrogen-bond donors (Lipinski definition) is 2. The van der Waals surface area contributed by atoms with E-state index in [-0.39, 0.29) is 17.5 Å². The maximum absolute atomic E-state index is 13.5. The molecule has 5 rings (SSSR count). The van der Waals surface area contributed by atoms with Crippen molar-refractivity contribution in [3.63, 3.8) is 0 Å². The molecule has 3 heterocycles. The predicted molar refractivity (Wildman–Crippen MR) is 171 cm³/mol. The smallest absolute Gasteiger partial charge is 0.411 e. The summed E-state index contributed by atoms with van der Waals surface area (Å²) >= 11 is 12.8. The van der Waals surface area contributed by atoms with Crippen LogP contribution in [0.2, 0.25) is 10.2 Å². The first-order chi connectivity index (χ1) is 22.2. The number of methoxy groups -OCH3 is 1. The van der Waals surface area contributed by atoms with E-state index in [4.69, 9.17) is 23.2 Å². The van der Waals surface area contributed by atoms with Gasteiger partial charge in [0.1, 0.15) is 6.33 Å². The van der Waals surface area contributed by atoms with Gasteiger partial charge in [-0.05, 0) is 59.9 Å². The van der Waals surface area contributed by atoms with Gasteiger partial charge in [-0.2, -0.15) is 4.68 Å². The van der Waals surface area contributed by atoms with Gasteiger partial charge >= 0.3 is 6.09 Å². The number of rotatable bonds is 9. The number of carbonyl (C=O) groups is 3. The number of halogens is 2. The highest BCUT2D eigenvalue weighted by atomic mass is 35.5. The highest BCUT2D eigenvalue weighted by Gasteiger charge is 2.26. The fourth-order valence-corrected chi connectivity index (χ4v) is 5.20. The molecule has 1 fully saturated rings. The van der Waals surface area contributed by atoms with Crippen molar-refractivity contribution in [3.8, 4) is 16.9 Å². The van der Waals surface area contributed by atoms with Crippen molar-refractivity contribution < 1.29 is 19.1 Å². The van der Waals surface area contributed by atoms with Gasteiger partial charge in [0.15, 0.2) is 5.15 Å². The van der Waals surface area contributed by atoms with Crippen LogP contribution < -0.4 is 10.6 Å². The van der Waals surface area contributed by atoms with Crippen molar-refractivity contribution in [2.75, 3.05) is 45.7 Å². The Morgan fingerprint density at radius 2 is 1.78 bits per heavy atom. The van der Waals surface area contributed by atoms with Gasteiger partial charge in [0, 0.05) is 59.7 Å². The summed E-state index contributed by atoms with van der Waals surface area (Å²) in [7, 11) is 3.28. The fraction of sp³-hybridized carbons (Fsp3) is 0.267. The van der Waals surface area contributed by atoms with Gasteiger partial charge < -0.3 is 19.9 Å². The lowest BCUT2D eigenvalue weighted by Crippen LogP contribution is -2.48. The van der Waals surface area contributed by atoms with E-state index >= 15 is 0 Å². The lowest BCUT2D eigenvalue weighted by Gasteiger charge is -2.33. The third-order valence-corrected chi connectivity index (χ3v) is 7.84. The number of aromatic nitrogens is 6. The zero-order valence-electron chi connectivity index (χ0n) is 24.9. The SMILES string of the molecule is COC(=O)Nc1ccc(-c2cc([C@H](CC(=O)N3CCN(C)CC3)NC(=O)/C=C/c3cc(Cl)ccc3-n3cnnn3)c(Cl)nn2)cc1. The molecule has 14 nitrogen and oxygen atoms in total. The number of nitrogens with one attached hydrogen (secondary N) is 2. The highest BCUT2D eigenvalue weighted by Crippen LogP contribution is 2.29. The van der Waals surface area contributed by atoms with Gasteiger partial charge in [-0.25, -0.2) is 4.79 Å². The number of benzene rings is 2. The molecule has 0 radical (unpaired) electrons. The first kappa shape index (κ1) is 32.5. The monoisotopic (exact) mass is 664 g/mol. The molecule has 0 spiro atoms. The molecule has 2 aromatic heterocycles. The Kier molecular flexibility index (Phi) is 10.5. The molecule has 1 atom stereocenters. The number of carbonyl (C=O) groups excluding carboxylic acids is 3. The molecule has 4 aromatic rings. The van der Waals surface area contributed by atoms with E-state index in [1.807, 2.05) is 7.05 Å². The standard InChI is InChI=1S/C30H30Cl2N10O4/c1-40-11-13-41(14-12-40)28(44)17-25(35-27(43)10-5-20-15-21(31)6-9-26(20)42-18-33-38-39-42)23-16-24(36-37-29(23)32)19-3-7-22(8-4-19)34-30(45)46-2/h3-10,15-16,18,25H,11-14,17H2,1-2H3,(H,34,45)(H,35,43)/b10-5+/t25-/m0/s1. The summed E-state index contributed by atoms with van der Waals surface area (Å²) in [5.41, 5.74) is 3.28. The Morgan fingerprint density at radius 1 is 1.02 bits per heavy atom. The minimum Gasteiger partial charge on any atom is -0.453 e. The second-order valence-corrected chi connectivity index (χ2v) is 11.2. The Hall–Kier alpha value is -4.92. The highest BCUT2D eigenvalue weighted by molar-refractivity contribution is 6.31. The van der Waals surface area contributed by atoms with E-state index in [0.717, 1.165) is 13.1 Å². The van der Waals surface area contributed by atoms with Crippen molar-refractivity contribution in [1.82, 2.24) is 45.5 Å². The molecule has 238 valence electrons. The summed E-state index contributed by atoms with van der Waals surface area (Å²) in [5.74, 6) is -0.614. The molecule has 0 aliphatic carbocycles. The van der Waals surface area contributed by atoms with Crippen molar-refractivity contribution in [2.24, 2.45) is 0 Å². The van der Waals surface area contributed by atoms with E-state index < -0.39 is 18.0 Å². The van der Waals surface area contributed by atoms with Crippen molar-refractivity contribution in [1.29, 1.82) is 0 Å². The van der Waals surface area contributed by atoms with Crippen LogP contribution in [0.4, 0.5) is 10.5 Å². The molecule has 16 heteroatoms. The van der Waals surface area contributed by atoms with Crippen LogP contribution in [0.15, 0.2) is 60.9 Å². The number of anilines is 1. The van der Waals surface area contributed by atoms with Gasteiger partial charge in [0.25, 0.3) is 0 Å². The molecular weight excluding hydrogens is 635 g/mol. The van der Waals surface area contributed by atoms with Gasteiger partial charge in [-0.15, -0.1) is 15.3 Å². The van der Waals surface area contributed by atoms with Gasteiger partial charge in [0.2, 0.25) is 11.8 Å². The molecule has 0 bridgehead atoms. The Labute approximate surface area is 274 Å². The maximum atomic E-state index is 13.5. The topological polar surface area (TPSA) is 160 Å². The number of ether oxygens (including phenoxy) is 1. The molecule has 1 aliphatic heterocycles. The van der Waals surface area contributed by atoms with Crippen LogP contribution in [0.5, 0.6) is 0 Å². The van der Waals surface area contributed by atoms with Gasteiger partial charge in [-0.1, -0.05) is 35.3 Å². The van der Waals surface area contributed by atoms with E-state index in [1.54, 1.807) is 59.5 Å². The average molecular weight is 666 g/mol. The predicted octanol–water partition coefficient (Wildman–Crippen LogP) is 3.64. The third kappa shape index (κ3) is 8.21. The largest absolute Gasteiger partial charge is 0.453 e. The summed E-state index contributed by atoms with van der Waals surface area (Å²) in [6, 6.07) is 12.8. The van der Waals surface area contributed by atoms with Crippen LogP contribution in [0.25, 0.3) is 23.0 Å². The van der Waals surface area contributed by atoms with Crippen molar-refractivity contribution in [2.45, 2.75) is 12.5 Å². The number of piperazine rings is 1. The molecule has 1 aliphatic rings. The Balaban J connectivity index is 1.41. The maximum Gasteiger partial charge on any atom is 0.411 e. The lowest BCUT2D eigenvalue weighted by molar-refractivity contribution is -0.133. The Bertz CT molecular complexity index is 1730. The fourth-order valence-electron chi connectivity index (χ4n) is 4.79. The quantitative estimate of drug-likeness (QED) is 0.253. The molecule has 0 unspecified atom stereocenters. The minimum atomic E-state index is -0.829. The van der Waals surface area contributed by atoms with Crippen LogP contribution in [0.3, 0.4) is 0 Å². The van der Waals surface area contributed by atoms with E-state index in [1.165, 1.54) is 24.2 Å². The summed E-state index contributed by atoms with van der Waals surface area (Å²) in [6.07, 6.45) is 3.70. The summed E-state index contributed by atoms with van der Waals surface area (Å²) in [4.78, 5) is 42.3. The van der Waals surface area contributed by atoms with Crippen LogP contribution in [-0.2, 0) is 14.3 Å². The number of nitrogens with zero attached hydrogens (tertiary/aromatic N) is 8. The number of hydrogen-bond acceptors (Lipinski definition) is 10. The number of likely N-dealkylation sites (N-methyl/N-ethyl adjacent to an activating group) is 1. The Morgan fingerprint density at radius 3 is 2.48 bits per heavy atom. The first-order valence-corrected chi connectivity index (χ1v) is 14.9. The molecule has 46 heavy (non-hydrogen) atoms. The second kappa shape index (κ2) is 14.9. The van der Waals surface area contributed by atoms with Crippen LogP contribution >= 0.6 is 23.2 Å². The first-order valence-electron chi connectivity index (χ1n) is 14.2. The molecule has 3 amide bonds. The lowest BCUT2D eigenvalue weighted by atomic mass is 10.0. The van der Waals surface area contributed by atoms with Gasteiger partial charge in [0.05, 0.1) is 31.0 Å². The zero-order chi connectivity index (χ0) is 32.6. The number of amides is 3. The summed E-state index contributed by atoms with van der Waals surface area (Å²) < 4.78 is 6.08. The normalized spacial score (nSPS) is 14.2. The molecule has 1 saturated heterocycles. The second-order valence-electron chi connectivity index (χ2n) is 10.4. The van der Waals surface area contributed by atoms with E-state index in [9.17, 15) is 14.4 Å². The third-order valence-electron chi connectivity index (χ3n) is 7.31. The summed E-state index contributed by atoms with van der Waals surface area (Å²) in [6.45, 7) is 2.64. The zero-order valence-corrected chi connectivity index (χ0v) is 26.4. The van der Waals surface area contributed by atoms with Crippen LogP contribution in [0, 0.1) is 0 Å². The van der Waals surface area contributed by atoms with Crippen LogP contribution in [-0.4, -0.2) is 98.4 Å². The van der Waals surface area contributed by atoms with E-state index in [0.29, 0.717) is 51.9 Å². The van der Waals surface area contributed by atoms with Gasteiger partial charge in [-0.3, -0.25) is 14.9 Å². The van der Waals surface area contributed by atoms with Crippen LogP contribution in [0.1, 0.15) is 23.6 Å². The van der Waals surface area contributed by atoms with E-state index in [2.05, 4.69) is 46.0 Å². The summed E-state index contributed by atoms with van der Waals surface area (Å²) in [5, 5.41) is 25.6. The minimum absolute atomic E-state index is 0.0454. The van der Waals surface area contributed by atoms with Crippen molar-refractivity contribution in [3.05, 3.63) is 82.2 Å². The number of tetrazole rings is 1. The molecular formula is C30H30Cl2N10O4. The average Bonchev–Trinajstić information content (AvgIpc) is 3.59.